The van der Waals surface area contributed by atoms with Gasteiger partial charge in [-0.3, -0.25) is 9.97 Å². The lowest BCUT2D eigenvalue weighted by Gasteiger charge is -2.11. The minimum Gasteiger partial charge on any atom is -0.497 e. The van der Waals surface area contributed by atoms with Crippen molar-refractivity contribution in [1.82, 2.24) is 29.3 Å². The Morgan fingerprint density at radius 1 is 0.482 bits per heavy atom. The Morgan fingerprint density at radius 3 is 1.52 bits per heavy atom. The van der Waals surface area contributed by atoms with E-state index in [0.29, 0.717) is 12.8 Å². The average molecular weight is 733 g/mol. The third kappa shape index (κ3) is 6.64. The van der Waals surface area contributed by atoms with Gasteiger partial charge in [0.15, 0.2) is 0 Å². The van der Waals surface area contributed by atoms with Gasteiger partial charge in [0, 0.05) is 59.2 Å². The molecule has 0 amide bonds. The number of nitrogens with zero attached hydrogens (tertiary/aromatic N) is 8. The third-order valence-corrected chi connectivity index (χ3v) is 9.86. The second-order valence-electron chi connectivity index (χ2n) is 13.2. The highest BCUT2D eigenvalue weighted by Gasteiger charge is 2.24. The maximum Gasteiger partial charge on any atom is 0.135 e. The summed E-state index contributed by atoms with van der Waals surface area (Å²) in [6.07, 6.45) is 10.5. The maximum atomic E-state index is 5.47. The summed E-state index contributed by atoms with van der Waals surface area (Å²) in [6.45, 7) is 0. The summed E-state index contributed by atoms with van der Waals surface area (Å²) >= 11 is 0. The van der Waals surface area contributed by atoms with Crippen LogP contribution in [-0.2, 0) is 12.8 Å². The monoisotopic (exact) mass is 732 g/mol. The molecule has 0 atom stereocenters. The Morgan fingerprint density at radius 2 is 1.00 bits per heavy atom. The Bertz CT molecular complexity index is 2520. The van der Waals surface area contributed by atoms with Gasteiger partial charge in [0.05, 0.1) is 49.4 Å². The average Bonchev–Trinajstić information content (AvgIpc) is 3.76. The molecule has 4 aromatic carbocycles. The highest BCUT2D eigenvalue weighted by atomic mass is 16.5. The summed E-state index contributed by atoms with van der Waals surface area (Å²) in [5, 5.41) is 10.1. The van der Waals surface area contributed by atoms with Crippen LogP contribution in [0.25, 0.3) is 22.6 Å². The number of fused-ring (bicyclic) bond motifs is 4. The Kier molecular flexibility index (Phi) is 9.26. The van der Waals surface area contributed by atoms with Gasteiger partial charge in [0.2, 0.25) is 0 Å². The number of hydrogen-bond acceptors (Lipinski definition) is 8. The van der Waals surface area contributed by atoms with Crippen LogP contribution in [0.4, 0.5) is 0 Å². The van der Waals surface area contributed by atoms with Crippen molar-refractivity contribution in [1.29, 1.82) is 0 Å². The van der Waals surface area contributed by atoms with Gasteiger partial charge < -0.3 is 9.47 Å². The van der Waals surface area contributed by atoms with Crippen molar-refractivity contribution in [2.45, 2.75) is 12.8 Å². The molecule has 6 heterocycles. The van der Waals surface area contributed by atoms with Crippen molar-refractivity contribution < 1.29 is 9.47 Å². The zero-order valence-electron chi connectivity index (χ0n) is 30.8. The molecular weight excluding hydrogens is 697 g/mol. The van der Waals surface area contributed by atoms with Crippen molar-refractivity contribution in [3.8, 4) is 34.1 Å². The lowest BCUT2D eigenvalue weighted by molar-refractivity contribution is 0.414. The van der Waals surface area contributed by atoms with Gasteiger partial charge in [-0.2, -0.15) is 10.2 Å². The number of aromatic nitrogens is 6. The minimum atomic E-state index is 0.687. The molecule has 10 heteroatoms. The fourth-order valence-electron chi connectivity index (χ4n) is 7.02. The molecule has 8 aromatic rings. The van der Waals surface area contributed by atoms with E-state index in [1.165, 1.54) is 11.1 Å². The summed E-state index contributed by atoms with van der Waals surface area (Å²) in [5.74, 6) is 3.42. The fraction of sp³-hybridized carbons (Fsp3) is 0.0870. The Hall–Kier alpha value is -7.46. The molecule has 0 spiro atoms. The van der Waals surface area contributed by atoms with E-state index in [9.17, 15) is 0 Å². The predicted molar refractivity (Wildman–Crippen MR) is 217 cm³/mol. The van der Waals surface area contributed by atoms with E-state index in [0.717, 1.165) is 79.5 Å². The molecule has 272 valence electrons. The van der Waals surface area contributed by atoms with Crippen LogP contribution >= 0.6 is 0 Å². The number of rotatable bonds is 6. The summed E-state index contributed by atoms with van der Waals surface area (Å²) in [5.41, 5.74) is 12.1. The van der Waals surface area contributed by atoms with E-state index >= 15 is 0 Å². The van der Waals surface area contributed by atoms with Crippen LogP contribution < -0.4 is 9.47 Å². The first-order chi connectivity index (χ1) is 27.7. The second kappa shape index (κ2) is 15.1. The van der Waals surface area contributed by atoms with E-state index in [2.05, 4.69) is 62.4 Å². The molecule has 0 fully saturated rings. The van der Waals surface area contributed by atoms with Crippen molar-refractivity contribution >= 4 is 11.4 Å². The predicted octanol–water partition coefficient (Wildman–Crippen LogP) is 8.32. The van der Waals surface area contributed by atoms with Gasteiger partial charge >= 0.3 is 0 Å². The summed E-state index contributed by atoms with van der Waals surface area (Å²) < 4.78 is 14.8. The molecule has 0 unspecified atom stereocenters. The topological polar surface area (TPSA) is 105 Å². The molecule has 2 aliphatic heterocycles. The van der Waals surface area contributed by atoms with E-state index in [1.54, 1.807) is 32.8 Å². The number of benzene rings is 4. The molecule has 0 aliphatic carbocycles. The second-order valence-corrected chi connectivity index (χ2v) is 13.2. The van der Waals surface area contributed by atoms with E-state index in [1.807, 2.05) is 107 Å². The van der Waals surface area contributed by atoms with Crippen LogP contribution in [0.15, 0.2) is 169 Å². The standard InChI is InChI=1S/2C23H18N4O/c1-28-18-11-10-17-13-22-25-15-21(20-9-5-6-12-24-20)27(22)26-23(19(17)14-18)16-7-3-2-4-8-16;1-28-19-8-7-18-13-22-25-15-21(16-9-11-24-12-10-16)27(22)26-23(20(18)14-19)17-5-3-2-4-6-17/h2*2-12,14-15H,13H2,1H3. The van der Waals surface area contributed by atoms with Crippen LogP contribution in [0.5, 0.6) is 11.5 Å². The molecule has 0 N–H and O–H groups in total. The number of hydrogen-bond donors (Lipinski definition) is 0. The molecule has 10 rings (SSSR count). The number of methoxy groups -OCH3 is 2. The van der Waals surface area contributed by atoms with Gasteiger partial charge in [0.1, 0.15) is 28.8 Å². The SMILES string of the molecule is COc1ccc2c(c1)C(c1ccccc1)=Nn1c(-c3ccccn3)cnc1C2.COc1ccc2c(c1)C(c1ccccc1)=Nn1c(-c3ccncc3)cnc1C2. The molecule has 10 nitrogen and oxygen atoms in total. The van der Waals surface area contributed by atoms with Crippen molar-refractivity contribution in [2.24, 2.45) is 10.2 Å². The lowest BCUT2D eigenvalue weighted by Crippen LogP contribution is -2.07. The van der Waals surface area contributed by atoms with Gasteiger partial charge in [-0.25, -0.2) is 19.3 Å². The molecule has 2 aliphatic rings. The van der Waals surface area contributed by atoms with Crippen molar-refractivity contribution in [2.75, 3.05) is 14.2 Å². The molecule has 4 aromatic heterocycles. The summed E-state index contributed by atoms with van der Waals surface area (Å²) in [4.78, 5) is 17.9. The largest absolute Gasteiger partial charge is 0.497 e. The smallest absolute Gasteiger partial charge is 0.135 e. The highest BCUT2D eigenvalue weighted by molar-refractivity contribution is 6.15. The first kappa shape index (κ1) is 34.3. The molecular formula is C46H36N8O2. The van der Waals surface area contributed by atoms with Gasteiger partial charge in [-0.1, -0.05) is 78.9 Å². The van der Waals surface area contributed by atoms with Crippen molar-refractivity contribution in [3.05, 3.63) is 203 Å². The summed E-state index contributed by atoms with van der Waals surface area (Å²) in [6, 6.07) is 42.5. The van der Waals surface area contributed by atoms with Gasteiger partial charge in [-0.15, -0.1) is 0 Å². The quantitative estimate of drug-likeness (QED) is 0.170. The number of imidazole rings is 2. The minimum absolute atomic E-state index is 0.687. The fourth-order valence-corrected chi connectivity index (χ4v) is 7.02. The molecule has 0 bridgehead atoms. The van der Waals surface area contributed by atoms with Crippen LogP contribution in [0.1, 0.15) is 45.0 Å². The van der Waals surface area contributed by atoms with Crippen LogP contribution in [0.3, 0.4) is 0 Å². The Balaban J connectivity index is 0.000000146. The van der Waals surface area contributed by atoms with Crippen LogP contribution in [-0.4, -0.2) is 54.9 Å². The maximum absolute atomic E-state index is 5.47. The lowest BCUT2D eigenvalue weighted by atomic mass is 9.96. The first-order valence-corrected chi connectivity index (χ1v) is 18.2. The number of pyridine rings is 2. The van der Waals surface area contributed by atoms with Crippen molar-refractivity contribution in [3.63, 3.8) is 0 Å². The van der Waals surface area contributed by atoms with E-state index < -0.39 is 0 Å². The molecule has 56 heavy (non-hydrogen) atoms. The third-order valence-electron chi connectivity index (χ3n) is 9.86. The normalized spacial score (nSPS) is 12.5. The first-order valence-electron chi connectivity index (χ1n) is 18.2. The zero-order chi connectivity index (χ0) is 37.8. The molecule has 0 saturated carbocycles. The number of ether oxygens (including phenoxy) is 2. The Labute approximate surface area is 324 Å². The van der Waals surface area contributed by atoms with Crippen LogP contribution in [0, 0.1) is 0 Å². The van der Waals surface area contributed by atoms with Gasteiger partial charge in [-0.05, 0) is 59.7 Å². The zero-order valence-corrected chi connectivity index (χ0v) is 30.8. The summed E-state index contributed by atoms with van der Waals surface area (Å²) in [7, 11) is 3.37. The molecule has 0 saturated heterocycles. The van der Waals surface area contributed by atoms with Gasteiger partial charge in [0.25, 0.3) is 0 Å². The van der Waals surface area contributed by atoms with Crippen LogP contribution in [0.2, 0.25) is 0 Å². The van der Waals surface area contributed by atoms with E-state index in [4.69, 9.17) is 19.7 Å². The molecule has 0 radical (unpaired) electrons. The van der Waals surface area contributed by atoms with E-state index in [-0.39, 0.29) is 0 Å². The highest BCUT2D eigenvalue weighted by Crippen LogP contribution is 2.31.